The largest absolute Gasteiger partial charge is 0.491 e. The van der Waals surface area contributed by atoms with Crippen molar-refractivity contribution in [2.45, 2.75) is 85.0 Å². The van der Waals surface area contributed by atoms with Crippen LogP contribution in [0.5, 0.6) is 5.75 Å². The number of amides is 4. The van der Waals surface area contributed by atoms with Gasteiger partial charge in [0.15, 0.2) is 0 Å². The lowest BCUT2D eigenvalue weighted by atomic mass is 9.91. The summed E-state index contributed by atoms with van der Waals surface area (Å²) in [4.78, 5) is 61.4. The van der Waals surface area contributed by atoms with Crippen molar-refractivity contribution in [2.24, 2.45) is 11.5 Å². The van der Waals surface area contributed by atoms with E-state index in [1.165, 1.54) is 22.9 Å². The van der Waals surface area contributed by atoms with Crippen molar-refractivity contribution in [3.63, 3.8) is 0 Å². The SMILES string of the molecule is CCn1nc(C)cc1C(=O)Nc1nc2cc(C(N)=O)cc(OCCCOC)c2n1CCC[C@H]1CC(F)(F)c2cc(C(N)=O)cc3nc(NC(=O)c4cc(C)nn4CC)n1c23. The molecule has 0 saturated carbocycles. The number of aromatic nitrogens is 8. The van der Waals surface area contributed by atoms with Crippen LogP contribution in [-0.4, -0.2) is 82.6 Å². The monoisotopic (exact) mass is 828 g/mol. The maximum absolute atomic E-state index is 16.2. The van der Waals surface area contributed by atoms with Crippen molar-refractivity contribution < 1.29 is 37.4 Å². The van der Waals surface area contributed by atoms with Gasteiger partial charge in [0.2, 0.25) is 23.7 Å². The molecule has 0 radical (unpaired) electrons. The number of imidazole rings is 2. The molecule has 4 aromatic heterocycles. The molecule has 6 N–H and O–H groups in total. The quantitative estimate of drug-likeness (QED) is 0.0891. The van der Waals surface area contributed by atoms with Crippen LogP contribution in [0.1, 0.15) is 104 Å². The summed E-state index contributed by atoms with van der Waals surface area (Å²) in [6.07, 6.45) is 0.206. The highest BCUT2D eigenvalue weighted by molar-refractivity contribution is 6.05. The Hall–Kier alpha value is -6.70. The van der Waals surface area contributed by atoms with Crippen molar-refractivity contribution in [1.29, 1.82) is 0 Å². The van der Waals surface area contributed by atoms with Crippen molar-refractivity contribution in [2.75, 3.05) is 31.0 Å². The highest BCUT2D eigenvalue weighted by Gasteiger charge is 2.44. The van der Waals surface area contributed by atoms with Crippen LogP contribution < -0.4 is 26.8 Å². The summed E-state index contributed by atoms with van der Waals surface area (Å²) in [5.41, 5.74) is 13.5. The average Bonchev–Trinajstić information content (AvgIpc) is 3.97. The lowest BCUT2D eigenvalue weighted by Crippen LogP contribution is -2.30. The van der Waals surface area contributed by atoms with Gasteiger partial charge in [-0.2, -0.15) is 10.2 Å². The first kappa shape index (κ1) is 41.5. The number of primary amides is 2. The fourth-order valence-corrected chi connectivity index (χ4v) is 7.76. The molecule has 5 heterocycles. The fourth-order valence-electron chi connectivity index (χ4n) is 7.76. The molecule has 4 amide bonds. The van der Waals surface area contributed by atoms with Crippen LogP contribution in [-0.2, 0) is 30.3 Å². The summed E-state index contributed by atoms with van der Waals surface area (Å²) in [5, 5.41) is 14.4. The molecule has 1 aliphatic rings. The van der Waals surface area contributed by atoms with Gasteiger partial charge in [0.05, 0.1) is 34.5 Å². The van der Waals surface area contributed by atoms with Gasteiger partial charge in [-0.05, 0) is 76.9 Å². The molecule has 316 valence electrons. The van der Waals surface area contributed by atoms with Gasteiger partial charge >= 0.3 is 0 Å². The Morgan fingerprint density at radius 1 is 0.800 bits per heavy atom. The number of hydrogen-bond donors (Lipinski definition) is 4. The number of aryl methyl sites for hydroxylation is 5. The Balaban J connectivity index is 1.28. The van der Waals surface area contributed by atoms with Gasteiger partial charge in [-0.3, -0.25) is 39.2 Å². The molecule has 18 nitrogen and oxygen atoms in total. The molecule has 0 spiro atoms. The van der Waals surface area contributed by atoms with Gasteiger partial charge in [0, 0.05) is 68.9 Å². The third-order valence-electron chi connectivity index (χ3n) is 10.4. The number of rotatable bonds is 17. The molecule has 20 heteroatoms. The Kier molecular flexibility index (Phi) is 11.4. The maximum Gasteiger partial charge on any atom is 0.277 e. The molecule has 0 aliphatic carbocycles. The molecule has 1 atom stereocenters. The Labute approximate surface area is 342 Å². The number of anilines is 2. The van der Waals surface area contributed by atoms with Crippen molar-refractivity contribution >= 4 is 57.6 Å². The number of nitrogens with zero attached hydrogens (tertiary/aromatic N) is 8. The molecule has 0 fully saturated rings. The summed E-state index contributed by atoms with van der Waals surface area (Å²) in [6.45, 7) is 8.80. The Morgan fingerprint density at radius 2 is 1.37 bits per heavy atom. The second-order valence-electron chi connectivity index (χ2n) is 14.6. The van der Waals surface area contributed by atoms with E-state index in [2.05, 4.69) is 25.8 Å². The topological polar surface area (TPSA) is 234 Å². The number of halogens is 2. The minimum atomic E-state index is -3.40. The van der Waals surface area contributed by atoms with Crippen molar-refractivity contribution in [3.8, 4) is 5.75 Å². The summed E-state index contributed by atoms with van der Waals surface area (Å²) < 4.78 is 50.2. The first-order valence-corrected chi connectivity index (χ1v) is 19.6. The molecule has 60 heavy (non-hydrogen) atoms. The highest BCUT2D eigenvalue weighted by atomic mass is 19.3. The van der Waals surface area contributed by atoms with Gasteiger partial charge in [-0.25, -0.2) is 18.7 Å². The average molecular weight is 829 g/mol. The molecule has 0 saturated heterocycles. The summed E-state index contributed by atoms with van der Waals surface area (Å²) >= 11 is 0. The van der Waals surface area contributed by atoms with E-state index in [-0.39, 0.29) is 71.5 Å². The number of alkyl halides is 2. The molecule has 1 aliphatic heterocycles. The summed E-state index contributed by atoms with van der Waals surface area (Å²) in [6, 6.07) is 7.75. The van der Waals surface area contributed by atoms with Gasteiger partial charge in [0.25, 0.3) is 17.7 Å². The fraction of sp³-hybridized carbons (Fsp3) is 0.400. The number of carbonyl (C=O) groups is 4. The number of hydrogen-bond acceptors (Lipinski definition) is 10. The van der Waals surface area contributed by atoms with E-state index in [1.54, 1.807) is 46.9 Å². The predicted octanol–water partition coefficient (Wildman–Crippen LogP) is 5.07. The summed E-state index contributed by atoms with van der Waals surface area (Å²) in [7, 11) is 1.57. The number of fused-ring (bicyclic) bond motifs is 1. The third kappa shape index (κ3) is 7.88. The van der Waals surface area contributed by atoms with E-state index in [4.69, 9.17) is 25.9 Å². The second-order valence-corrected chi connectivity index (χ2v) is 14.6. The van der Waals surface area contributed by atoms with Crippen LogP contribution in [0.2, 0.25) is 0 Å². The van der Waals surface area contributed by atoms with Crippen molar-refractivity contribution in [3.05, 3.63) is 75.9 Å². The van der Waals surface area contributed by atoms with Crippen LogP contribution in [0.15, 0.2) is 36.4 Å². The van der Waals surface area contributed by atoms with Crippen LogP contribution in [0.25, 0.3) is 22.1 Å². The minimum absolute atomic E-state index is 0.00876. The van der Waals surface area contributed by atoms with E-state index in [0.29, 0.717) is 54.2 Å². The molecule has 2 aromatic carbocycles. The Bertz CT molecular complexity index is 2660. The molecule has 0 bridgehead atoms. The van der Waals surface area contributed by atoms with Gasteiger partial charge < -0.3 is 30.1 Å². The van der Waals surface area contributed by atoms with Gasteiger partial charge in [-0.1, -0.05) is 0 Å². The van der Waals surface area contributed by atoms with E-state index >= 15 is 8.78 Å². The first-order chi connectivity index (χ1) is 28.6. The molecular weight excluding hydrogens is 783 g/mol. The normalized spacial score (nSPS) is 14.5. The minimum Gasteiger partial charge on any atom is -0.491 e. The van der Waals surface area contributed by atoms with Gasteiger partial charge in [0.1, 0.15) is 22.7 Å². The van der Waals surface area contributed by atoms with Crippen LogP contribution in [0.4, 0.5) is 20.7 Å². The standard InChI is InChI=1S/C40H46F2N12O6/c1-6-52-29(14-21(3)49-52)36(57)47-38-45-28-18-24(35(44)56)19-31(60-13-9-12-59-5)33(28)51(38)11-8-10-25-20-40(41,42)26-16-23(34(43)55)17-27-32(26)54(25)39(46-27)48-37(58)30-15-22(4)50-53(30)7-2/h14-19,25H,6-13,20H2,1-5H3,(H2,43,55)(H2,44,56)(H,45,47,57)(H,46,48,58)/t25-/m0/s1. The maximum atomic E-state index is 16.2. The molecule has 7 rings (SSSR count). The van der Waals surface area contributed by atoms with Crippen LogP contribution >= 0.6 is 0 Å². The smallest absolute Gasteiger partial charge is 0.277 e. The van der Waals surface area contributed by atoms with E-state index in [9.17, 15) is 19.2 Å². The summed E-state index contributed by atoms with van der Waals surface area (Å²) in [5.74, 6) is -5.67. The number of carbonyl (C=O) groups excluding carboxylic acids is 4. The third-order valence-corrected chi connectivity index (χ3v) is 10.4. The van der Waals surface area contributed by atoms with Crippen LogP contribution in [0, 0.1) is 13.8 Å². The van der Waals surface area contributed by atoms with E-state index in [1.807, 2.05) is 13.8 Å². The number of ether oxygens (including phenoxy) is 2. The number of benzene rings is 2. The molecule has 0 unspecified atom stereocenters. The zero-order chi connectivity index (χ0) is 43.0. The number of methoxy groups -OCH3 is 1. The zero-order valence-corrected chi connectivity index (χ0v) is 33.8. The van der Waals surface area contributed by atoms with E-state index in [0.717, 1.165) is 6.07 Å². The first-order valence-electron chi connectivity index (χ1n) is 19.6. The number of nitrogens with two attached hydrogens (primary N) is 2. The van der Waals surface area contributed by atoms with Gasteiger partial charge in [-0.15, -0.1) is 0 Å². The second kappa shape index (κ2) is 16.5. The zero-order valence-electron chi connectivity index (χ0n) is 33.8. The highest BCUT2D eigenvalue weighted by Crippen LogP contribution is 2.48. The van der Waals surface area contributed by atoms with Crippen LogP contribution in [0.3, 0.4) is 0 Å². The molecular formula is C40H46F2N12O6. The number of nitrogens with one attached hydrogen (secondary N) is 2. The Morgan fingerprint density at radius 3 is 1.95 bits per heavy atom. The van der Waals surface area contributed by atoms with Crippen molar-refractivity contribution in [1.82, 2.24) is 38.7 Å². The lowest BCUT2D eigenvalue weighted by Gasteiger charge is -2.32. The lowest BCUT2D eigenvalue weighted by molar-refractivity contribution is -0.0321. The molecule has 6 aromatic rings. The predicted molar refractivity (Wildman–Crippen MR) is 216 cm³/mol. The van der Waals surface area contributed by atoms with E-state index < -0.39 is 47.6 Å².